The fourth-order valence-corrected chi connectivity index (χ4v) is 2.90. The molecule has 1 aromatic rings. The van der Waals surface area contributed by atoms with Crippen molar-refractivity contribution in [3.05, 3.63) is 29.3 Å². The van der Waals surface area contributed by atoms with Crippen molar-refractivity contribution >= 4 is 18.3 Å². The fraction of sp³-hybridized carbons (Fsp3) is 0.611. The highest BCUT2D eigenvalue weighted by Gasteiger charge is 2.28. The molecule has 1 aliphatic rings. The van der Waals surface area contributed by atoms with Gasteiger partial charge in [-0.1, -0.05) is 26.0 Å². The minimum absolute atomic E-state index is 0. The van der Waals surface area contributed by atoms with E-state index in [4.69, 9.17) is 4.74 Å². The van der Waals surface area contributed by atoms with Crippen LogP contribution in [0.15, 0.2) is 18.2 Å². The Labute approximate surface area is 146 Å². The molecule has 0 aliphatic carbocycles. The van der Waals surface area contributed by atoms with Crippen molar-refractivity contribution < 1.29 is 9.53 Å². The van der Waals surface area contributed by atoms with Crippen molar-refractivity contribution in [1.29, 1.82) is 0 Å². The van der Waals surface area contributed by atoms with Gasteiger partial charge >= 0.3 is 0 Å². The summed E-state index contributed by atoms with van der Waals surface area (Å²) in [6, 6.07) is 6.49. The van der Waals surface area contributed by atoms with Crippen LogP contribution in [0.1, 0.15) is 44.2 Å². The van der Waals surface area contributed by atoms with Gasteiger partial charge in [0.25, 0.3) is 5.91 Å². The second kappa shape index (κ2) is 8.55. The van der Waals surface area contributed by atoms with E-state index in [1.54, 1.807) is 0 Å². The quantitative estimate of drug-likeness (QED) is 0.895. The highest BCUT2D eigenvalue weighted by atomic mass is 35.5. The van der Waals surface area contributed by atoms with Crippen LogP contribution >= 0.6 is 12.4 Å². The van der Waals surface area contributed by atoms with E-state index in [1.807, 2.05) is 31.9 Å². The van der Waals surface area contributed by atoms with E-state index in [-0.39, 0.29) is 24.4 Å². The first kappa shape index (κ1) is 19.8. The first-order valence-electron chi connectivity index (χ1n) is 8.14. The number of ether oxygens (including phenoxy) is 1. The largest absolute Gasteiger partial charge is 0.481 e. The Hall–Kier alpha value is -1.26. The molecule has 0 radical (unpaired) electrons. The van der Waals surface area contributed by atoms with Gasteiger partial charge in [-0.3, -0.25) is 4.79 Å². The summed E-state index contributed by atoms with van der Waals surface area (Å²) in [6.07, 6.45) is 0.543. The highest BCUT2D eigenvalue weighted by molar-refractivity contribution is 5.85. The first-order valence-corrected chi connectivity index (χ1v) is 8.14. The molecule has 1 aromatic carbocycles. The van der Waals surface area contributed by atoms with Crippen molar-refractivity contribution in [1.82, 2.24) is 10.2 Å². The zero-order valence-corrected chi connectivity index (χ0v) is 15.6. The highest BCUT2D eigenvalue weighted by Crippen LogP contribution is 2.28. The minimum Gasteiger partial charge on any atom is -0.481 e. The minimum atomic E-state index is -0.468. The summed E-state index contributed by atoms with van der Waals surface area (Å²) in [5.41, 5.74) is 2.29. The van der Waals surface area contributed by atoms with Crippen LogP contribution in [0.5, 0.6) is 5.75 Å². The number of benzene rings is 1. The summed E-state index contributed by atoms with van der Waals surface area (Å²) in [7, 11) is 1.87. The summed E-state index contributed by atoms with van der Waals surface area (Å²) in [5.74, 6) is 1.24. The van der Waals surface area contributed by atoms with E-state index in [0.29, 0.717) is 5.92 Å². The van der Waals surface area contributed by atoms with Gasteiger partial charge in [0, 0.05) is 19.6 Å². The number of likely N-dealkylation sites (N-methyl/N-ethyl adjacent to an activating group) is 1. The molecule has 2 atom stereocenters. The molecule has 1 saturated heterocycles. The van der Waals surface area contributed by atoms with Gasteiger partial charge in [0.05, 0.1) is 0 Å². The number of halogens is 1. The number of nitrogens with zero attached hydrogens (tertiary/aromatic N) is 1. The Morgan fingerprint density at radius 1 is 1.35 bits per heavy atom. The SMILES string of the molecule is Cc1ccc(C(C)C)c(OC(C)C(=O)N(C)C2CCNC2)c1.Cl. The molecule has 0 spiro atoms. The maximum Gasteiger partial charge on any atom is 0.263 e. The van der Waals surface area contributed by atoms with Crippen LogP contribution in [-0.2, 0) is 4.79 Å². The maximum atomic E-state index is 12.6. The topological polar surface area (TPSA) is 41.6 Å². The molecule has 0 bridgehead atoms. The summed E-state index contributed by atoms with van der Waals surface area (Å²) >= 11 is 0. The van der Waals surface area contributed by atoms with E-state index < -0.39 is 6.10 Å². The molecule has 130 valence electrons. The Kier molecular flexibility index (Phi) is 7.36. The van der Waals surface area contributed by atoms with E-state index in [2.05, 4.69) is 31.3 Å². The van der Waals surface area contributed by atoms with Crippen molar-refractivity contribution in [2.75, 3.05) is 20.1 Å². The zero-order chi connectivity index (χ0) is 16.3. The molecular formula is C18H29ClN2O2. The lowest BCUT2D eigenvalue weighted by Crippen LogP contribution is -2.44. The average molecular weight is 341 g/mol. The van der Waals surface area contributed by atoms with E-state index in [0.717, 1.165) is 36.4 Å². The van der Waals surface area contributed by atoms with Crippen molar-refractivity contribution in [2.45, 2.75) is 52.2 Å². The van der Waals surface area contributed by atoms with Crippen LogP contribution in [0.3, 0.4) is 0 Å². The smallest absolute Gasteiger partial charge is 0.263 e. The molecule has 23 heavy (non-hydrogen) atoms. The molecule has 1 heterocycles. The second-order valence-corrected chi connectivity index (χ2v) is 6.55. The van der Waals surface area contributed by atoms with E-state index in [9.17, 15) is 4.79 Å². The van der Waals surface area contributed by atoms with Crippen LogP contribution < -0.4 is 10.1 Å². The molecule has 5 heteroatoms. The van der Waals surface area contributed by atoms with Crippen LogP contribution in [0.2, 0.25) is 0 Å². The maximum absolute atomic E-state index is 12.6. The van der Waals surface area contributed by atoms with Crippen LogP contribution in [0.4, 0.5) is 0 Å². The zero-order valence-electron chi connectivity index (χ0n) is 14.8. The molecule has 2 rings (SSSR count). The Morgan fingerprint density at radius 3 is 2.61 bits per heavy atom. The molecule has 1 N–H and O–H groups in total. The summed E-state index contributed by atoms with van der Waals surface area (Å²) < 4.78 is 6.02. The van der Waals surface area contributed by atoms with Gasteiger partial charge in [-0.25, -0.2) is 0 Å². The second-order valence-electron chi connectivity index (χ2n) is 6.55. The summed E-state index contributed by atoms with van der Waals surface area (Å²) in [5, 5.41) is 3.29. The number of carbonyl (C=O) groups is 1. The Morgan fingerprint density at radius 2 is 2.04 bits per heavy atom. The first-order chi connectivity index (χ1) is 10.4. The molecular weight excluding hydrogens is 312 g/mol. The molecule has 1 amide bonds. The van der Waals surface area contributed by atoms with Crippen LogP contribution in [0, 0.1) is 6.92 Å². The van der Waals surface area contributed by atoms with Gasteiger partial charge in [-0.2, -0.15) is 0 Å². The van der Waals surface area contributed by atoms with Gasteiger partial charge in [-0.15, -0.1) is 12.4 Å². The van der Waals surface area contributed by atoms with E-state index in [1.165, 1.54) is 0 Å². The van der Waals surface area contributed by atoms with Crippen molar-refractivity contribution in [2.24, 2.45) is 0 Å². The molecule has 1 aliphatic heterocycles. The summed E-state index contributed by atoms with van der Waals surface area (Å²) in [4.78, 5) is 14.4. The number of hydrogen-bond donors (Lipinski definition) is 1. The molecule has 0 aromatic heterocycles. The van der Waals surface area contributed by atoms with Crippen molar-refractivity contribution in [3.8, 4) is 5.75 Å². The van der Waals surface area contributed by atoms with E-state index >= 15 is 0 Å². The summed E-state index contributed by atoms with van der Waals surface area (Å²) in [6.45, 7) is 10.0. The average Bonchev–Trinajstić information content (AvgIpc) is 2.99. The van der Waals surface area contributed by atoms with Gasteiger partial charge < -0.3 is 15.0 Å². The normalized spacial score (nSPS) is 18.4. The van der Waals surface area contributed by atoms with Crippen LogP contribution in [-0.4, -0.2) is 43.1 Å². The third kappa shape index (κ3) is 4.85. The third-order valence-corrected chi connectivity index (χ3v) is 4.37. The lowest BCUT2D eigenvalue weighted by Gasteiger charge is -2.27. The predicted octanol–water partition coefficient (Wildman–Crippen LogP) is 3.13. The fourth-order valence-electron chi connectivity index (χ4n) is 2.90. The number of hydrogen-bond acceptors (Lipinski definition) is 3. The molecule has 0 saturated carbocycles. The Bertz CT molecular complexity index is 528. The number of nitrogens with one attached hydrogen (secondary N) is 1. The third-order valence-electron chi connectivity index (χ3n) is 4.37. The van der Waals surface area contributed by atoms with Gasteiger partial charge in [0.1, 0.15) is 5.75 Å². The molecule has 4 nitrogen and oxygen atoms in total. The number of amides is 1. The van der Waals surface area contributed by atoms with Gasteiger partial charge in [0.15, 0.2) is 6.10 Å². The number of aryl methyl sites for hydroxylation is 1. The lowest BCUT2D eigenvalue weighted by atomic mass is 10.0. The number of rotatable bonds is 5. The monoisotopic (exact) mass is 340 g/mol. The Balaban J connectivity index is 0.00000264. The van der Waals surface area contributed by atoms with Gasteiger partial charge in [-0.05, 0) is 49.9 Å². The molecule has 2 unspecified atom stereocenters. The standard InChI is InChI=1S/C18H28N2O2.ClH/c1-12(2)16-7-6-13(3)10-17(16)22-14(4)18(21)20(5)15-8-9-19-11-15;/h6-7,10,12,14-15,19H,8-9,11H2,1-5H3;1H. The van der Waals surface area contributed by atoms with Crippen LogP contribution in [0.25, 0.3) is 0 Å². The van der Waals surface area contributed by atoms with Gasteiger partial charge in [0.2, 0.25) is 0 Å². The molecule has 1 fully saturated rings. The number of carbonyl (C=O) groups excluding carboxylic acids is 1. The van der Waals surface area contributed by atoms with Crippen molar-refractivity contribution in [3.63, 3.8) is 0 Å². The lowest BCUT2D eigenvalue weighted by molar-refractivity contribution is -0.138. The predicted molar refractivity (Wildman–Crippen MR) is 96.7 cm³/mol.